The fourth-order valence-electron chi connectivity index (χ4n) is 9.88. The summed E-state index contributed by atoms with van der Waals surface area (Å²) in [5.41, 5.74) is 0. The van der Waals surface area contributed by atoms with Crippen LogP contribution in [0.3, 0.4) is 0 Å². The molecule has 0 rings (SSSR count). The fourth-order valence-corrected chi connectivity index (χ4v) is 11.5. The summed E-state index contributed by atoms with van der Waals surface area (Å²) >= 11 is 0. The molecule has 0 saturated heterocycles. The predicted molar refractivity (Wildman–Crippen MR) is 436 cm³/mol. The molecule has 0 aromatic carbocycles. The van der Waals surface area contributed by atoms with Crippen LogP contribution in [0.5, 0.6) is 0 Å². The van der Waals surface area contributed by atoms with Gasteiger partial charge in [-0.3, -0.25) is 37.3 Å². The van der Waals surface area contributed by atoms with Gasteiger partial charge in [-0.2, -0.15) is 0 Å². The number of hydrogen-bond donors (Lipinski definition) is 3. The van der Waals surface area contributed by atoms with Gasteiger partial charge in [0.15, 0.2) is 12.2 Å². The van der Waals surface area contributed by atoms with Crippen molar-refractivity contribution >= 4 is 39.5 Å². The maximum atomic E-state index is 13.1. The Morgan fingerprint density at radius 1 is 0.274 bits per heavy atom. The molecule has 0 saturated carbocycles. The quantitative estimate of drug-likeness (QED) is 0.0169. The van der Waals surface area contributed by atoms with E-state index in [1.165, 1.54) is 25.7 Å². The molecular formula is C87H140O17P2. The van der Waals surface area contributed by atoms with E-state index in [0.717, 1.165) is 167 Å². The highest BCUT2D eigenvalue weighted by molar-refractivity contribution is 7.47. The Morgan fingerprint density at radius 3 is 0.849 bits per heavy atom. The van der Waals surface area contributed by atoms with Crippen molar-refractivity contribution in [1.29, 1.82) is 0 Å². The summed E-state index contributed by atoms with van der Waals surface area (Å²) in [5.74, 6) is -2.38. The first-order valence-corrected chi connectivity index (χ1v) is 43.0. The summed E-state index contributed by atoms with van der Waals surface area (Å²) in [6, 6.07) is 0. The first-order valence-electron chi connectivity index (χ1n) is 40.0. The molecule has 19 heteroatoms. The van der Waals surface area contributed by atoms with E-state index in [-0.39, 0.29) is 25.7 Å². The molecule has 0 bridgehead atoms. The highest BCUT2D eigenvalue weighted by Crippen LogP contribution is 2.45. The molecule has 0 aliphatic rings. The molecule has 0 aromatic heterocycles. The molecular weight excluding hydrogens is 1380 g/mol. The SMILES string of the molecule is CC/C=C\C/C=C\C/C=C\C/C=C\C/C=C\C/C=C\CCC(=O)OCC(COP(=O)(O)OCC(O)COP(=O)(O)OCC(COC(=O)CCC/C=C\C/C=C\C/C=C\C/C=C\C/C=C\CC)OC(=O)CCCCCCC/C=C\CCCCCC)OC(=O)CCCCCCCCC/C=C\C/C=C\C/C=C\CC. The first-order chi connectivity index (χ1) is 51.7. The number of allylic oxidation sites excluding steroid dienone is 30. The average molecular weight is 1520 g/mol. The largest absolute Gasteiger partial charge is 0.472 e. The van der Waals surface area contributed by atoms with Gasteiger partial charge in [-0.1, -0.05) is 281 Å². The lowest BCUT2D eigenvalue weighted by molar-refractivity contribution is -0.161. The van der Waals surface area contributed by atoms with Crippen molar-refractivity contribution in [3.8, 4) is 0 Å². The Labute approximate surface area is 641 Å². The monoisotopic (exact) mass is 1520 g/mol. The predicted octanol–water partition coefficient (Wildman–Crippen LogP) is 23.6. The maximum Gasteiger partial charge on any atom is 0.472 e. The number of aliphatic hydroxyl groups is 1. The van der Waals surface area contributed by atoms with Crippen LogP contribution in [-0.4, -0.2) is 96.7 Å². The second kappa shape index (κ2) is 77.3. The highest BCUT2D eigenvalue weighted by Gasteiger charge is 2.30. The number of hydrogen-bond acceptors (Lipinski definition) is 15. The van der Waals surface area contributed by atoms with Gasteiger partial charge in [0.25, 0.3) is 0 Å². The number of phosphoric ester groups is 2. The third-order valence-electron chi connectivity index (χ3n) is 15.9. The van der Waals surface area contributed by atoms with Crippen LogP contribution in [0.15, 0.2) is 182 Å². The molecule has 0 radical (unpaired) electrons. The Hall–Kier alpha value is -5.84. The van der Waals surface area contributed by atoms with Crippen LogP contribution >= 0.6 is 15.6 Å². The van der Waals surface area contributed by atoms with Crippen LogP contribution < -0.4 is 0 Å². The van der Waals surface area contributed by atoms with Crippen molar-refractivity contribution in [2.24, 2.45) is 0 Å². The van der Waals surface area contributed by atoms with Crippen LogP contribution in [0.25, 0.3) is 0 Å². The Bertz CT molecular complexity index is 2730. The molecule has 600 valence electrons. The zero-order valence-electron chi connectivity index (χ0n) is 65.5. The van der Waals surface area contributed by atoms with Gasteiger partial charge in [0.05, 0.1) is 26.4 Å². The third kappa shape index (κ3) is 76.4. The summed E-state index contributed by atoms with van der Waals surface area (Å²) in [7, 11) is -10.0. The number of carbonyl (C=O) groups excluding carboxylic acids is 4. The third-order valence-corrected chi connectivity index (χ3v) is 17.8. The number of phosphoric acid groups is 2. The van der Waals surface area contributed by atoms with E-state index < -0.39 is 97.5 Å². The molecule has 0 heterocycles. The van der Waals surface area contributed by atoms with Gasteiger partial charge in [0.2, 0.25) is 0 Å². The van der Waals surface area contributed by atoms with Crippen LogP contribution in [0.4, 0.5) is 0 Å². The van der Waals surface area contributed by atoms with Gasteiger partial charge < -0.3 is 33.8 Å². The van der Waals surface area contributed by atoms with Gasteiger partial charge in [0, 0.05) is 25.7 Å². The Morgan fingerprint density at radius 2 is 0.519 bits per heavy atom. The van der Waals surface area contributed by atoms with Crippen molar-refractivity contribution in [2.45, 2.75) is 303 Å². The van der Waals surface area contributed by atoms with Crippen molar-refractivity contribution in [2.75, 3.05) is 39.6 Å². The Balaban J connectivity index is 5.50. The van der Waals surface area contributed by atoms with Gasteiger partial charge in [0.1, 0.15) is 19.3 Å². The average Bonchev–Trinajstić information content (AvgIpc) is 0.907. The fraction of sp³-hybridized carbons (Fsp3) is 0.609. The summed E-state index contributed by atoms with van der Waals surface area (Å²) in [6.45, 7) is 4.33. The maximum absolute atomic E-state index is 13.1. The van der Waals surface area contributed by atoms with Crippen LogP contribution in [0.2, 0.25) is 0 Å². The molecule has 106 heavy (non-hydrogen) atoms. The van der Waals surface area contributed by atoms with Crippen LogP contribution in [0.1, 0.15) is 285 Å². The molecule has 0 spiro atoms. The molecule has 0 aliphatic carbocycles. The van der Waals surface area contributed by atoms with E-state index in [9.17, 15) is 43.2 Å². The van der Waals surface area contributed by atoms with Crippen molar-refractivity contribution in [1.82, 2.24) is 0 Å². The van der Waals surface area contributed by atoms with E-state index in [1.807, 2.05) is 30.4 Å². The number of ether oxygens (including phenoxy) is 4. The lowest BCUT2D eigenvalue weighted by Crippen LogP contribution is -2.30. The van der Waals surface area contributed by atoms with E-state index >= 15 is 0 Å². The van der Waals surface area contributed by atoms with Crippen molar-refractivity contribution in [3.63, 3.8) is 0 Å². The first kappa shape index (κ1) is 100. The molecule has 0 aromatic rings. The summed E-state index contributed by atoms with van der Waals surface area (Å²) < 4.78 is 68.5. The minimum Gasteiger partial charge on any atom is -0.462 e. The molecule has 0 amide bonds. The van der Waals surface area contributed by atoms with Crippen molar-refractivity contribution < 1.29 is 80.2 Å². The van der Waals surface area contributed by atoms with E-state index in [2.05, 4.69) is 180 Å². The smallest absolute Gasteiger partial charge is 0.462 e. The lowest BCUT2D eigenvalue weighted by atomic mass is 10.1. The summed E-state index contributed by atoms with van der Waals surface area (Å²) in [4.78, 5) is 73.0. The van der Waals surface area contributed by atoms with Crippen LogP contribution in [0, 0.1) is 0 Å². The molecule has 0 aliphatic heterocycles. The van der Waals surface area contributed by atoms with E-state index in [4.69, 9.17) is 37.0 Å². The molecule has 5 atom stereocenters. The van der Waals surface area contributed by atoms with E-state index in [0.29, 0.717) is 38.5 Å². The Kier molecular flexibility index (Phi) is 73.1. The lowest BCUT2D eigenvalue weighted by Gasteiger charge is -2.21. The molecule has 5 unspecified atom stereocenters. The molecule has 3 N–H and O–H groups in total. The molecule has 0 fully saturated rings. The van der Waals surface area contributed by atoms with Gasteiger partial charge in [-0.25, -0.2) is 9.13 Å². The number of unbranched alkanes of at least 4 members (excludes halogenated alkanes) is 17. The zero-order valence-corrected chi connectivity index (χ0v) is 67.3. The summed E-state index contributed by atoms with van der Waals surface area (Å²) in [5, 5.41) is 10.6. The van der Waals surface area contributed by atoms with Gasteiger partial charge >= 0.3 is 39.5 Å². The normalized spacial score (nSPS) is 14.8. The minimum atomic E-state index is -5.01. The van der Waals surface area contributed by atoms with Gasteiger partial charge in [-0.15, -0.1) is 0 Å². The number of esters is 4. The number of aliphatic hydroxyl groups excluding tert-OH is 1. The number of rotatable bonds is 73. The van der Waals surface area contributed by atoms with Crippen LogP contribution in [-0.2, 0) is 65.4 Å². The topological polar surface area (TPSA) is 237 Å². The minimum absolute atomic E-state index is 0.0262. The zero-order chi connectivity index (χ0) is 77.4. The van der Waals surface area contributed by atoms with Gasteiger partial charge in [-0.05, 0) is 161 Å². The standard InChI is InChI=1S/C87H140O17P2/c1-5-9-13-17-21-25-29-33-36-39-40-43-45-49-52-56-60-64-68-72-85(90)98-78-83(104-87(92)74-70-66-62-58-54-50-46-42-38-35-31-27-23-19-15-11-7-3)80-102-106(95,96)100-76-81(88)75-99-105(93,94)101-79-82(103-86(91)73-69-65-61-57-53-47-32-28-24-20-16-12-8-4)77-97-84(89)71-67-63-59-55-51-48-44-41-37-34-30-26-22-18-14-10-6-2/h9-11,13-15,21-23,25-28,32-38,40,43-44,48-49,52,55,59-60,64,81-83,88H,5-8,12,16-20,24,29-31,39,41-42,45-47,50-51,53-54,56-58,61-63,65-80H2,1-4H3,(H,93,94)(H,95,96)/b13-9-,14-10-,15-11-,25-21-,26-22-,27-23-,32-28-,36-33-,37-34-,38-35-,43-40-,48-44-,52-49-,59-55-,64-60-. The number of carbonyl (C=O) groups is 4. The molecule has 17 nitrogen and oxygen atoms in total. The second-order valence-electron chi connectivity index (χ2n) is 25.9. The van der Waals surface area contributed by atoms with E-state index in [1.54, 1.807) is 0 Å². The van der Waals surface area contributed by atoms with Crippen molar-refractivity contribution in [3.05, 3.63) is 182 Å². The second-order valence-corrected chi connectivity index (χ2v) is 28.8. The summed E-state index contributed by atoms with van der Waals surface area (Å²) in [6.07, 6.45) is 93.2. The highest BCUT2D eigenvalue weighted by atomic mass is 31.2.